The Balaban J connectivity index is 1.81. The summed E-state index contributed by atoms with van der Waals surface area (Å²) in [5, 5.41) is 13.5. The molecule has 4 rings (SSSR count). The van der Waals surface area contributed by atoms with Crippen LogP contribution in [-0.2, 0) is 13.1 Å². The van der Waals surface area contributed by atoms with Gasteiger partial charge in [-0.3, -0.25) is 0 Å². The van der Waals surface area contributed by atoms with Crippen LogP contribution >= 0.6 is 11.3 Å². The molecule has 1 fully saturated rings. The summed E-state index contributed by atoms with van der Waals surface area (Å²) in [5.41, 5.74) is 8.48. The van der Waals surface area contributed by atoms with Crippen molar-refractivity contribution in [3.63, 3.8) is 0 Å². The molecule has 30 heavy (non-hydrogen) atoms. The standard InChI is InChI=1S/C20H25F3N6S/c1-12-3-4-15-14(18(12)25-13-5-7-28(2)8-6-13)9-16(29(15)11-20(21,22)23)19-27-26-17(10-24)30-19/h3-4,9,13,25H,5-8,10-11,24H2,1-2H3. The van der Waals surface area contributed by atoms with Crippen molar-refractivity contribution in [3.8, 4) is 10.7 Å². The van der Waals surface area contributed by atoms with Gasteiger partial charge in [-0.2, -0.15) is 13.2 Å². The number of anilines is 1. The van der Waals surface area contributed by atoms with Gasteiger partial charge in [0.15, 0.2) is 5.01 Å². The Bertz CT molecular complexity index is 1030. The van der Waals surface area contributed by atoms with Crippen molar-refractivity contribution in [1.29, 1.82) is 0 Å². The molecule has 0 atom stereocenters. The second-order valence-corrected chi connectivity index (χ2v) is 8.91. The van der Waals surface area contributed by atoms with Crippen LogP contribution in [0.1, 0.15) is 23.4 Å². The average Bonchev–Trinajstić information content (AvgIpc) is 3.29. The van der Waals surface area contributed by atoms with Crippen LogP contribution in [0.5, 0.6) is 0 Å². The van der Waals surface area contributed by atoms with E-state index >= 15 is 0 Å². The van der Waals surface area contributed by atoms with E-state index in [4.69, 9.17) is 5.73 Å². The fourth-order valence-corrected chi connectivity index (χ4v) is 4.70. The van der Waals surface area contributed by atoms with Gasteiger partial charge >= 0.3 is 6.18 Å². The van der Waals surface area contributed by atoms with Gasteiger partial charge in [-0.05, 0) is 57.6 Å². The molecule has 1 aromatic carbocycles. The molecule has 3 N–H and O–H groups in total. The van der Waals surface area contributed by atoms with E-state index in [0.29, 0.717) is 27.3 Å². The second-order valence-electron chi connectivity index (χ2n) is 7.85. The molecule has 2 aromatic heterocycles. The molecule has 6 nitrogen and oxygen atoms in total. The first kappa shape index (κ1) is 21.1. The minimum Gasteiger partial charge on any atom is -0.381 e. The van der Waals surface area contributed by atoms with Crippen molar-refractivity contribution in [3.05, 3.63) is 28.8 Å². The Morgan fingerprint density at radius 1 is 1.23 bits per heavy atom. The number of aromatic nitrogens is 3. The molecule has 0 unspecified atom stereocenters. The lowest BCUT2D eigenvalue weighted by molar-refractivity contribution is -0.139. The van der Waals surface area contributed by atoms with Crippen LogP contribution in [-0.4, -0.2) is 52.0 Å². The van der Waals surface area contributed by atoms with Gasteiger partial charge in [-0.25, -0.2) is 0 Å². The molecule has 0 aliphatic carbocycles. The maximum atomic E-state index is 13.4. The van der Waals surface area contributed by atoms with E-state index in [9.17, 15) is 13.2 Å². The summed E-state index contributed by atoms with van der Waals surface area (Å²) in [5.74, 6) is 0. The van der Waals surface area contributed by atoms with Crippen LogP contribution in [0.2, 0.25) is 0 Å². The zero-order valence-electron chi connectivity index (χ0n) is 17.0. The molecule has 3 heterocycles. The molecule has 1 saturated heterocycles. The summed E-state index contributed by atoms with van der Waals surface area (Å²) < 4.78 is 41.5. The van der Waals surface area contributed by atoms with Gasteiger partial charge in [0.1, 0.15) is 11.6 Å². The largest absolute Gasteiger partial charge is 0.406 e. The molecular formula is C20H25F3N6S. The molecule has 3 aromatic rings. The van der Waals surface area contributed by atoms with Crippen molar-refractivity contribution in [2.75, 3.05) is 25.5 Å². The van der Waals surface area contributed by atoms with E-state index in [1.807, 2.05) is 13.0 Å². The molecular weight excluding hydrogens is 413 g/mol. The predicted molar refractivity (Wildman–Crippen MR) is 114 cm³/mol. The number of nitrogens with one attached hydrogen (secondary N) is 1. The number of nitrogens with two attached hydrogens (primary N) is 1. The number of benzene rings is 1. The van der Waals surface area contributed by atoms with Crippen molar-refractivity contribution >= 4 is 27.9 Å². The van der Waals surface area contributed by atoms with E-state index in [0.717, 1.165) is 42.6 Å². The van der Waals surface area contributed by atoms with Crippen molar-refractivity contribution < 1.29 is 13.2 Å². The Kier molecular flexibility index (Phi) is 5.73. The van der Waals surface area contributed by atoms with Crippen LogP contribution in [0.3, 0.4) is 0 Å². The van der Waals surface area contributed by atoms with Crippen LogP contribution in [0.15, 0.2) is 18.2 Å². The average molecular weight is 439 g/mol. The van der Waals surface area contributed by atoms with Gasteiger partial charge < -0.3 is 20.5 Å². The number of halogens is 3. The normalized spacial score (nSPS) is 16.5. The van der Waals surface area contributed by atoms with E-state index in [1.165, 1.54) is 15.9 Å². The number of rotatable bonds is 5. The van der Waals surface area contributed by atoms with Crippen LogP contribution in [0, 0.1) is 6.92 Å². The highest BCUT2D eigenvalue weighted by Crippen LogP contribution is 2.38. The summed E-state index contributed by atoms with van der Waals surface area (Å²) in [6.45, 7) is 3.10. The summed E-state index contributed by atoms with van der Waals surface area (Å²) in [7, 11) is 2.10. The van der Waals surface area contributed by atoms with Gasteiger partial charge in [0.25, 0.3) is 0 Å². The third-order valence-electron chi connectivity index (χ3n) is 5.56. The SMILES string of the molecule is Cc1ccc2c(cc(-c3nnc(CN)s3)n2CC(F)(F)F)c1NC1CCN(C)CC1. The zero-order chi connectivity index (χ0) is 21.5. The highest BCUT2D eigenvalue weighted by molar-refractivity contribution is 7.14. The van der Waals surface area contributed by atoms with Crippen molar-refractivity contribution in [2.45, 2.75) is 45.1 Å². The lowest BCUT2D eigenvalue weighted by atomic mass is 10.0. The van der Waals surface area contributed by atoms with E-state index in [-0.39, 0.29) is 6.54 Å². The third kappa shape index (κ3) is 4.30. The lowest BCUT2D eigenvalue weighted by Gasteiger charge is -2.30. The molecule has 162 valence electrons. The van der Waals surface area contributed by atoms with Crippen molar-refractivity contribution in [1.82, 2.24) is 19.7 Å². The smallest absolute Gasteiger partial charge is 0.381 e. The molecule has 1 aliphatic rings. The van der Waals surface area contributed by atoms with E-state index in [2.05, 4.69) is 27.5 Å². The molecule has 0 amide bonds. The second kappa shape index (κ2) is 8.16. The predicted octanol–water partition coefficient (Wildman–Crippen LogP) is 4.00. The fraction of sp³-hybridized carbons (Fsp3) is 0.500. The number of hydrogen-bond donors (Lipinski definition) is 2. The first-order valence-electron chi connectivity index (χ1n) is 9.92. The number of likely N-dealkylation sites (tertiary alicyclic amines) is 1. The van der Waals surface area contributed by atoms with Gasteiger partial charge in [0.2, 0.25) is 0 Å². The number of hydrogen-bond acceptors (Lipinski definition) is 6. The first-order valence-corrected chi connectivity index (χ1v) is 10.7. The number of alkyl halides is 3. The van der Waals surface area contributed by atoms with Gasteiger partial charge in [-0.15, -0.1) is 10.2 Å². The number of nitrogens with zero attached hydrogens (tertiary/aromatic N) is 4. The Morgan fingerprint density at radius 3 is 2.60 bits per heavy atom. The summed E-state index contributed by atoms with van der Waals surface area (Å²) >= 11 is 1.23. The molecule has 1 aliphatic heterocycles. The lowest BCUT2D eigenvalue weighted by Crippen LogP contribution is -2.36. The number of aryl methyl sites for hydroxylation is 1. The quantitative estimate of drug-likeness (QED) is 0.630. The van der Waals surface area contributed by atoms with Gasteiger partial charge in [0, 0.05) is 23.7 Å². The Morgan fingerprint density at radius 2 is 1.97 bits per heavy atom. The Hall–Kier alpha value is -2.17. The van der Waals surface area contributed by atoms with Gasteiger partial charge in [-0.1, -0.05) is 17.4 Å². The summed E-state index contributed by atoms with van der Waals surface area (Å²) in [6, 6.07) is 5.73. The van der Waals surface area contributed by atoms with E-state index < -0.39 is 12.7 Å². The monoisotopic (exact) mass is 438 g/mol. The van der Waals surface area contributed by atoms with E-state index in [1.54, 1.807) is 12.1 Å². The Labute approximate surface area is 176 Å². The number of fused-ring (bicyclic) bond motifs is 1. The number of piperidine rings is 1. The molecule has 0 saturated carbocycles. The summed E-state index contributed by atoms with van der Waals surface area (Å²) in [6.07, 6.45) is -2.36. The minimum absolute atomic E-state index is 0.208. The van der Waals surface area contributed by atoms with Crippen molar-refractivity contribution in [2.24, 2.45) is 5.73 Å². The highest BCUT2D eigenvalue weighted by atomic mass is 32.1. The molecule has 10 heteroatoms. The van der Waals surface area contributed by atoms with Gasteiger partial charge in [0.05, 0.1) is 11.2 Å². The van der Waals surface area contributed by atoms with Crippen LogP contribution in [0.25, 0.3) is 21.6 Å². The maximum Gasteiger partial charge on any atom is 0.406 e. The maximum absolute atomic E-state index is 13.4. The first-order chi connectivity index (χ1) is 14.2. The third-order valence-corrected chi connectivity index (χ3v) is 6.53. The van der Waals surface area contributed by atoms with Crippen LogP contribution < -0.4 is 11.1 Å². The highest BCUT2D eigenvalue weighted by Gasteiger charge is 2.31. The zero-order valence-corrected chi connectivity index (χ0v) is 17.8. The molecule has 0 bridgehead atoms. The molecule has 0 radical (unpaired) electrons. The fourth-order valence-electron chi connectivity index (χ4n) is 3.96. The topological polar surface area (TPSA) is 72.0 Å². The minimum atomic E-state index is -4.35. The van der Waals surface area contributed by atoms with Crippen LogP contribution in [0.4, 0.5) is 18.9 Å². The molecule has 0 spiro atoms. The summed E-state index contributed by atoms with van der Waals surface area (Å²) in [4.78, 5) is 2.29.